The maximum atomic E-state index is 14.2. The zero-order chi connectivity index (χ0) is 24.5. The molecular formula is C24H21F2N3O4S. The predicted molar refractivity (Wildman–Crippen MR) is 121 cm³/mol. The van der Waals surface area contributed by atoms with Gasteiger partial charge in [-0.05, 0) is 30.7 Å². The molecule has 1 aliphatic rings. The Morgan fingerprint density at radius 1 is 1.03 bits per heavy atom. The molecule has 3 aromatic rings. The van der Waals surface area contributed by atoms with Crippen molar-refractivity contribution in [3.8, 4) is 0 Å². The van der Waals surface area contributed by atoms with E-state index in [-0.39, 0.29) is 22.6 Å². The van der Waals surface area contributed by atoms with Gasteiger partial charge >= 0.3 is 6.03 Å². The molecule has 3 aromatic carbocycles. The van der Waals surface area contributed by atoms with Crippen molar-refractivity contribution >= 4 is 27.6 Å². The van der Waals surface area contributed by atoms with Crippen LogP contribution in [0.2, 0.25) is 0 Å². The number of sulfonamides is 1. The van der Waals surface area contributed by atoms with E-state index >= 15 is 0 Å². The van der Waals surface area contributed by atoms with Gasteiger partial charge in [0, 0.05) is 18.1 Å². The zero-order valence-electron chi connectivity index (χ0n) is 18.0. The van der Waals surface area contributed by atoms with Crippen LogP contribution in [-0.4, -0.2) is 30.7 Å². The third-order valence-electron chi connectivity index (χ3n) is 5.51. The lowest BCUT2D eigenvalue weighted by molar-refractivity contribution is -0.125. The van der Waals surface area contributed by atoms with Crippen LogP contribution in [-0.2, 0) is 21.2 Å². The number of halogens is 2. The fourth-order valence-corrected chi connectivity index (χ4v) is 5.48. The van der Waals surface area contributed by atoms with Crippen LogP contribution in [0.1, 0.15) is 24.1 Å². The van der Waals surface area contributed by atoms with Gasteiger partial charge in [-0.2, -0.15) is 0 Å². The Morgan fingerprint density at radius 2 is 1.71 bits per heavy atom. The predicted octanol–water partition coefficient (Wildman–Crippen LogP) is 3.99. The number of hydrogen-bond donors (Lipinski definition) is 2. The number of urea groups is 1. The average molecular weight is 486 g/mol. The second-order valence-electron chi connectivity index (χ2n) is 7.83. The molecule has 3 amide bonds. The lowest BCUT2D eigenvalue weighted by Crippen LogP contribution is -2.56. The first kappa shape index (κ1) is 23.4. The molecule has 0 fully saturated rings. The summed E-state index contributed by atoms with van der Waals surface area (Å²) in [4.78, 5) is 26.1. The van der Waals surface area contributed by atoms with Crippen molar-refractivity contribution in [2.24, 2.45) is 0 Å². The van der Waals surface area contributed by atoms with E-state index < -0.39 is 45.7 Å². The number of nitrogens with one attached hydrogen (secondary N) is 2. The number of carbonyl (C=O) groups is 2. The third kappa shape index (κ3) is 4.49. The van der Waals surface area contributed by atoms with Gasteiger partial charge < -0.3 is 10.6 Å². The lowest BCUT2D eigenvalue weighted by Gasteiger charge is -2.34. The van der Waals surface area contributed by atoms with Gasteiger partial charge in [0.1, 0.15) is 22.6 Å². The number of benzene rings is 3. The van der Waals surface area contributed by atoms with Crippen LogP contribution in [0.25, 0.3) is 0 Å². The normalized spacial score (nSPS) is 16.2. The van der Waals surface area contributed by atoms with Crippen molar-refractivity contribution in [1.82, 2.24) is 9.62 Å². The summed E-state index contributed by atoms with van der Waals surface area (Å²) in [5.74, 6) is -2.43. The van der Waals surface area contributed by atoms with Crippen LogP contribution in [0.3, 0.4) is 0 Å². The lowest BCUT2D eigenvalue weighted by atomic mass is 10.0. The Kier molecular flexibility index (Phi) is 6.34. The molecule has 2 atom stereocenters. The van der Waals surface area contributed by atoms with Gasteiger partial charge in [-0.25, -0.2) is 26.3 Å². The molecule has 2 N–H and O–H groups in total. The molecule has 0 bridgehead atoms. The number of para-hydroxylation sites is 1. The van der Waals surface area contributed by atoms with Crippen molar-refractivity contribution in [3.05, 3.63) is 95.6 Å². The van der Waals surface area contributed by atoms with Gasteiger partial charge in [-0.1, -0.05) is 48.5 Å². The number of carbonyl (C=O) groups excluding carboxylic acids is 2. The maximum Gasteiger partial charge on any atom is 0.336 e. The van der Waals surface area contributed by atoms with Crippen molar-refractivity contribution < 1.29 is 26.8 Å². The summed E-state index contributed by atoms with van der Waals surface area (Å²) in [7, 11) is -4.37. The number of fused-ring (bicyclic) bond motifs is 1. The minimum Gasteiger partial charge on any atom is -0.348 e. The van der Waals surface area contributed by atoms with Gasteiger partial charge in [-0.15, -0.1) is 0 Å². The molecule has 0 saturated heterocycles. The maximum absolute atomic E-state index is 14.2. The molecule has 0 unspecified atom stereocenters. The van der Waals surface area contributed by atoms with Crippen molar-refractivity contribution in [1.29, 1.82) is 0 Å². The summed E-state index contributed by atoms with van der Waals surface area (Å²) in [5.41, 5.74) is 0.749. The van der Waals surface area contributed by atoms with E-state index in [9.17, 15) is 26.8 Å². The highest BCUT2D eigenvalue weighted by molar-refractivity contribution is 7.90. The van der Waals surface area contributed by atoms with E-state index in [0.717, 1.165) is 6.07 Å². The van der Waals surface area contributed by atoms with Crippen molar-refractivity contribution in [3.63, 3.8) is 0 Å². The second kappa shape index (κ2) is 9.22. The molecule has 0 radical (unpaired) electrons. The van der Waals surface area contributed by atoms with Crippen LogP contribution in [0, 0.1) is 11.6 Å². The van der Waals surface area contributed by atoms with E-state index in [1.165, 1.54) is 31.2 Å². The average Bonchev–Trinajstić information content (AvgIpc) is 2.78. The van der Waals surface area contributed by atoms with Gasteiger partial charge in [0.2, 0.25) is 5.91 Å². The van der Waals surface area contributed by atoms with Crippen LogP contribution < -0.4 is 10.6 Å². The summed E-state index contributed by atoms with van der Waals surface area (Å²) in [6.45, 7) is 1.48. The topological polar surface area (TPSA) is 95.6 Å². The molecule has 1 aliphatic heterocycles. The van der Waals surface area contributed by atoms with Crippen LogP contribution >= 0.6 is 0 Å². The number of rotatable bonds is 6. The number of anilines is 1. The quantitative estimate of drug-likeness (QED) is 0.552. The van der Waals surface area contributed by atoms with Gasteiger partial charge in [0.25, 0.3) is 10.0 Å². The molecule has 176 valence electrons. The summed E-state index contributed by atoms with van der Waals surface area (Å²) in [6, 6.07) is 14.1. The molecule has 0 aromatic heterocycles. The third-order valence-corrected chi connectivity index (χ3v) is 7.36. The molecular weight excluding hydrogens is 464 g/mol. The number of nitrogens with zero attached hydrogens (tertiary/aromatic N) is 1. The Labute approximate surface area is 195 Å². The highest BCUT2D eigenvalue weighted by Gasteiger charge is 2.44. The Balaban J connectivity index is 1.71. The number of hydrogen-bond acceptors (Lipinski definition) is 4. The van der Waals surface area contributed by atoms with Crippen LogP contribution in [0.5, 0.6) is 0 Å². The van der Waals surface area contributed by atoms with Crippen LogP contribution in [0.4, 0.5) is 19.3 Å². The van der Waals surface area contributed by atoms with E-state index in [0.29, 0.717) is 15.9 Å². The van der Waals surface area contributed by atoms with Gasteiger partial charge in [0.05, 0.1) is 11.7 Å². The first-order valence-corrected chi connectivity index (χ1v) is 11.9. The van der Waals surface area contributed by atoms with Crippen LogP contribution in [0.15, 0.2) is 77.7 Å². The van der Waals surface area contributed by atoms with E-state index in [2.05, 4.69) is 10.6 Å². The fourth-order valence-electron chi connectivity index (χ4n) is 3.85. The molecule has 34 heavy (non-hydrogen) atoms. The minimum atomic E-state index is -4.37. The number of amides is 3. The second-order valence-corrected chi connectivity index (χ2v) is 9.61. The Bertz CT molecular complexity index is 1350. The largest absolute Gasteiger partial charge is 0.348 e. The molecule has 0 saturated carbocycles. The summed E-state index contributed by atoms with van der Waals surface area (Å²) in [6.07, 6.45) is -0.111. The summed E-state index contributed by atoms with van der Waals surface area (Å²) in [5, 5.41) is 5.08. The molecule has 0 spiro atoms. The Hall–Kier alpha value is -3.79. The zero-order valence-corrected chi connectivity index (χ0v) is 18.9. The first-order valence-electron chi connectivity index (χ1n) is 10.4. The first-order chi connectivity index (χ1) is 16.2. The van der Waals surface area contributed by atoms with Crippen molar-refractivity contribution in [2.75, 3.05) is 5.32 Å². The van der Waals surface area contributed by atoms with Gasteiger partial charge in [-0.3, -0.25) is 4.79 Å². The summed E-state index contributed by atoms with van der Waals surface area (Å²) < 4.78 is 54.8. The molecule has 4 rings (SSSR count). The highest BCUT2D eigenvalue weighted by atomic mass is 32.2. The SMILES string of the molecule is C[C@H](NC(=O)[C@H](Cc1ccccc1)N1C(=O)Nc2ccccc2S1(=O)=O)c1ccc(F)cc1F. The van der Waals surface area contributed by atoms with E-state index in [1.54, 1.807) is 36.4 Å². The van der Waals surface area contributed by atoms with Crippen molar-refractivity contribution in [2.45, 2.75) is 30.3 Å². The minimum absolute atomic E-state index is 0.0181. The molecule has 7 nitrogen and oxygen atoms in total. The molecule has 10 heteroatoms. The monoisotopic (exact) mass is 485 g/mol. The van der Waals surface area contributed by atoms with E-state index in [4.69, 9.17) is 0 Å². The summed E-state index contributed by atoms with van der Waals surface area (Å²) >= 11 is 0. The van der Waals surface area contributed by atoms with Gasteiger partial charge in [0.15, 0.2) is 0 Å². The molecule has 1 heterocycles. The highest BCUT2D eigenvalue weighted by Crippen LogP contribution is 2.32. The smallest absolute Gasteiger partial charge is 0.336 e. The standard InChI is InChI=1S/C24H21F2N3O4S/c1-15(18-12-11-17(25)14-19(18)26)27-23(30)21(13-16-7-3-2-4-8-16)29-24(31)28-20-9-5-6-10-22(20)34(29,32)33/h2-12,14-15,21H,13H2,1H3,(H,27,30)(H,28,31)/t15-,21-/m0/s1. The van der Waals surface area contributed by atoms with E-state index in [1.807, 2.05) is 0 Å². The molecule has 0 aliphatic carbocycles. The Morgan fingerprint density at radius 3 is 2.41 bits per heavy atom. The fraction of sp³-hybridized carbons (Fsp3) is 0.167.